The number of hydrogen-bond acceptors (Lipinski definition) is 2. The molecule has 1 aliphatic heterocycles. The van der Waals surface area contributed by atoms with Crippen molar-refractivity contribution in [3.05, 3.63) is 11.6 Å². The molecule has 1 heterocycles. The summed E-state index contributed by atoms with van der Waals surface area (Å²) in [6, 6.07) is 0. The molecule has 0 amide bonds. The average molecular weight is 262 g/mol. The van der Waals surface area contributed by atoms with Gasteiger partial charge >= 0.3 is 6.18 Å². The molecule has 0 aromatic rings. The third-order valence-corrected chi connectivity index (χ3v) is 4.31. The molecule has 1 fully saturated rings. The first-order chi connectivity index (χ1) is 8.45. The van der Waals surface area contributed by atoms with E-state index in [4.69, 9.17) is 5.73 Å². The fraction of sp³-hybridized carbons (Fsp3) is 0.846. The molecule has 0 spiro atoms. The average Bonchev–Trinajstić information content (AvgIpc) is 2.78. The van der Waals surface area contributed by atoms with E-state index in [1.54, 1.807) is 0 Å². The molecular weight excluding hydrogens is 241 g/mol. The molecular formula is C13H21F3N2. The maximum atomic E-state index is 12.5. The lowest BCUT2D eigenvalue weighted by Crippen LogP contribution is -2.43. The van der Waals surface area contributed by atoms with Crippen LogP contribution in [0.5, 0.6) is 0 Å². The molecule has 0 aromatic carbocycles. The zero-order valence-corrected chi connectivity index (χ0v) is 10.6. The van der Waals surface area contributed by atoms with Crippen molar-refractivity contribution in [3.8, 4) is 0 Å². The molecule has 18 heavy (non-hydrogen) atoms. The maximum Gasteiger partial charge on any atom is 0.412 e. The molecule has 1 aliphatic carbocycles. The van der Waals surface area contributed by atoms with Gasteiger partial charge in [0.05, 0.1) is 0 Å². The zero-order valence-electron chi connectivity index (χ0n) is 10.6. The monoisotopic (exact) mass is 262 g/mol. The van der Waals surface area contributed by atoms with Gasteiger partial charge in [0.25, 0.3) is 0 Å². The first kappa shape index (κ1) is 13.9. The highest BCUT2D eigenvalue weighted by atomic mass is 19.4. The second-order valence-electron chi connectivity index (χ2n) is 5.62. The fourth-order valence-corrected chi connectivity index (χ4v) is 3.14. The van der Waals surface area contributed by atoms with E-state index in [9.17, 15) is 13.2 Å². The molecule has 5 heteroatoms. The topological polar surface area (TPSA) is 29.3 Å². The Bertz CT molecular complexity index is 317. The third kappa shape index (κ3) is 3.06. The fourth-order valence-electron chi connectivity index (χ4n) is 3.14. The molecule has 0 radical (unpaired) electrons. The van der Waals surface area contributed by atoms with Gasteiger partial charge in [-0.05, 0) is 31.2 Å². The Labute approximate surface area is 106 Å². The van der Waals surface area contributed by atoms with E-state index in [0.29, 0.717) is 19.6 Å². The second-order valence-corrected chi connectivity index (χ2v) is 5.62. The lowest BCUT2D eigenvalue weighted by atomic mass is 9.85. The molecule has 2 rings (SSSR count). The Morgan fingerprint density at radius 1 is 1.28 bits per heavy atom. The van der Waals surface area contributed by atoms with Crippen LogP contribution in [0.1, 0.15) is 32.1 Å². The summed E-state index contributed by atoms with van der Waals surface area (Å²) >= 11 is 0. The van der Waals surface area contributed by atoms with Crippen LogP contribution >= 0.6 is 0 Å². The highest BCUT2D eigenvalue weighted by molar-refractivity contribution is 5.13. The van der Waals surface area contributed by atoms with Gasteiger partial charge in [-0.1, -0.05) is 18.9 Å². The van der Waals surface area contributed by atoms with Gasteiger partial charge < -0.3 is 5.73 Å². The van der Waals surface area contributed by atoms with Gasteiger partial charge in [-0.15, -0.1) is 0 Å². The Hall–Kier alpha value is -0.550. The van der Waals surface area contributed by atoms with Crippen LogP contribution in [0.15, 0.2) is 11.6 Å². The van der Waals surface area contributed by atoms with Crippen LogP contribution in [0.3, 0.4) is 0 Å². The van der Waals surface area contributed by atoms with Crippen molar-refractivity contribution in [1.82, 2.24) is 4.90 Å². The van der Waals surface area contributed by atoms with Crippen molar-refractivity contribution >= 4 is 0 Å². The van der Waals surface area contributed by atoms with Crippen molar-refractivity contribution in [2.24, 2.45) is 11.1 Å². The molecule has 1 saturated carbocycles. The molecule has 104 valence electrons. The molecule has 0 bridgehead atoms. The van der Waals surface area contributed by atoms with Gasteiger partial charge in [-0.2, -0.15) is 13.2 Å². The molecule has 0 atom stereocenters. The van der Waals surface area contributed by atoms with E-state index < -0.39 is 6.18 Å². The molecule has 0 aromatic heterocycles. The van der Waals surface area contributed by atoms with E-state index >= 15 is 0 Å². The van der Waals surface area contributed by atoms with E-state index in [0.717, 1.165) is 19.4 Å². The quantitative estimate of drug-likeness (QED) is 0.792. The first-order valence-corrected chi connectivity index (χ1v) is 6.64. The highest BCUT2D eigenvalue weighted by Gasteiger charge is 2.37. The summed E-state index contributed by atoms with van der Waals surface area (Å²) in [6.45, 7) is 2.42. The predicted octanol–water partition coefficient (Wildman–Crippen LogP) is 2.70. The first-order valence-electron chi connectivity index (χ1n) is 6.64. The Kier molecular flexibility index (Phi) is 4.02. The summed E-state index contributed by atoms with van der Waals surface area (Å²) in [5.41, 5.74) is 5.65. The predicted molar refractivity (Wildman–Crippen MR) is 65.2 cm³/mol. The van der Waals surface area contributed by atoms with E-state index in [1.807, 2.05) is 0 Å². The standard InChI is InChI=1S/C13H21F3N2/c14-13(15,16)11-3-7-18(8-4-11)10-12(9-17)5-1-2-6-12/h3H,1-2,4-10,17H2. The number of rotatable bonds is 3. The van der Waals surface area contributed by atoms with Gasteiger partial charge in [0, 0.05) is 25.2 Å². The van der Waals surface area contributed by atoms with Gasteiger partial charge in [0.1, 0.15) is 0 Å². The van der Waals surface area contributed by atoms with Gasteiger partial charge in [0.15, 0.2) is 0 Å². The minimum Gasteiger partial charge on any atom is -0.330 e. The van der Waals surface area contributed by atoms with Crippen molar-refractivity contribution in [2.75, 3.05) is 26.2 Å². The summed E-state index contributed by atoms with van der Waals surface area (Å²) in [6.07, 6.45) is 1.95. The largest absolute Gasteiger partial charge is 0.412 e. The van der Waals surface area contributed by atoms with Crippen molar-refractivity contribution < 1.29 is 13.2 Å². The number of hydrogen-bond donors (Lipinski definition) is 1. The molecule has 2 nitrogen and oxygen atoms in total. The molecule has 2 aliphatic rings. The summed E-state index contributed by atoms with van der Waals surface area (Å²) in [5.74, 6) is 0. The van der Waals surface area contributed by atoms with Gasteiger partial charge in [0.2, 0.25) is 0 Å². The molecule has 0 saturated heterocycles. The van der Waals surface area contributed by atoms with E-state index in [1.165, 1.54) is 18.9 Å². The second kappa shape index (κ2) is 5.21. The van der Waals surface area contributed by atoms with Crippen LogP contribution in [0, 0.1) is 5.41 Å². The number of alkyl halides is 3. The Balaban J connectivity index is 1.92. The van der Waals surface area contributed by atoms with Crippen LogP contribution < -0.4 is 5.73 Å². The molecule has 0 unspecified atom stereocenters. The minimum atomic E-state index is -4.15. The zero-order chi connectivity index (χ0) is 13.2. The number of nitrogens with zero attached hydrogens (tertiary/aromatic N) is 1. The van der Waals surface area contributed by atoms with Gasteiger partial charge in [-0.3, -0.25) is 4.90 Å². The SMILES string of the molecule is NCC1(CN2CC=C(C(F)(F)F)CC2)CCCC1. The Morgan fingerprint density at radius 3 is 2.39 bits per heavy atom. The summed E-state index contributed by atoms with van der Waals surface area (Å²) in [7, 11) is 0. The lowest BCUT2D eigenvalue weighted by molar-refractivity contribution is -0.0962. The van der Waals surface area contributed by atoms with E-state index in [2.05, 4.69) is 4.90 Å². The Morgan fingerprint density at radius 2 is 1.94 bits per heavy atom. The van der Waals surface area contributed by atoms with Crippen LogP contribution in [-0.2, 0) is 0 Å². The highest BCUT2D eigenvalue weighted by Crippen LogP contribution is 2.38. The lowest BCUT2D eigenvalue weighted by Gasteiger charge is -2.36. The smallest absolute Gasteiger partial charge is 0.330 e. The van der Waals surface area contributed by atoms with Crippen molar-refractivity contribution in [1.29, 1.82) is 0 Å². The van der Waals surface area contributed by atoms with Crippen molar-refractivity contribution in [3.63, 3.8) is 0 Å². The number of halogens is 3. The number of nitrogens with two attached hydrogens (primary N) is 1. The summed E-state index contributed by atoms with van der Waals surface area (Å²) in [5, 5.41) is 0. The molecule has 2 N–H and O–H groups in total. The summed E-state index contributed by atoms with van der Waals surface area (Å²) < 4.78 is 37.5. The van der Waals surface area contributed by atoms with Crippen LogP contribution in [0.2, 0.25) is 0 Å². The van der Waals surface area contributed by atoms with Crippen LogP contribution in [0.4, 0.5) is 13.2 Å². The van der Waals surface area contributed by atoms with Crippen LogP contribution in [-0.4, -0.2) is 37.3 Å². The van der Waals surface area contributed by atoms with Crippen molar-refractivity contribution in [2.45, 2.75) is 38.3 Å². The van der Waals surface area contributed by atoms with Gasteiger partial charge in [-0.25, -0.2) is 0 Å². The third-order valence-electron chi connectivity index (χ3n) is 4.31. The normalized spacial score (nSPS) is 25.2. The van der Waals surface area contributed by atoms with Crippen LogP contribution in [0.25, 0.3) is 0 Å². The van der Waals surface area contributed by atoms with E-state index in [-0.39, 0.29) is 17.4 Å². The maximum absolute atomic E-state index is 12.5. The summed E-state index contributed by atoms with van der Waals surface area (Å²) in [4.78, 5) is 2.12. The minimum absolute atomic E-state index is 0.115.